The van der Waals surface area contributed by atoms with Crippen LogP contribution in [0.2, 0.25) is 0 Å². The molecule has 1 aliphatic heterocycles. The summed E-state index contributed by atoms with van der Waals surface area (Å²) in [5, 5.41) is 9.04. The molecule has 3 heterocycles. The number of carbonyl (C=O) groups excluding carboxylic acids is 1. The maximum atomic E-state index is 15.5. The van der Waals surface area contributed by atoms with Crippen molar-refractivity contribution in [3.8, 4) is 11.3 Å². The Balaban J connectivity index is 1.28. The molecule has 1 aliphatic carbocycles. The van der Waals surface area contributed by atoms with Gasteiger partial charge in [-0.3, -0.25) is 4.79 Å². The molecule has 0 spiro atoms. The van der Waals surface area contributed by atoms with Gasteiger partial charge in [0.2, 0.25) is 0 Å². The number of ether oxygens (including phenoxy) is 1. The lowest BCUT2D eigenvalue weighted by atomic mass is 9.90. The smallest absolute Gasteiger partial charge is 0.253 e. The van der Waals surface area contributed by atoms with Crippen LogP contribution in [0.3, 0.4) is 0 Å². The zero-order valence-electron chi connectivity index (χ0n) is 21.6. The third kappa shape index (κ3) is 5.72. The summed E-state index contributed by atoms with van der Waals surface area (Å²) in [5.41, 5.74) is 4.50. The summed E-state index contributed by atoms with van der Waals surface area (Å²) in [6, 6.07) is 7.30. The number of benzene rings is 1. The van der Waals surface area contributed by atoms with Crippen molar-refractivity contribution in [2.24, 2.45) is 0 Å². The quantitative estimate of drug-likeness (QED) is 0.421. The van der Waals surface area contributed by atoms with E-state index in [1.54, 1.807) is 6.07 Å². The second-order valence-corrected chi connectivity index (χ2v) is 11.4. The van der Waals surface area contributed by atoms with E-state index in [1.807, 2.05) is 45.4 Å². The van der Waals surface area contributed by atoms with Gasteiger partial charge in [-0.15, -0.1) is 11.3 Å². The van der Waals surface area contributed by atoms with E-state index in [0.29, 0.717) is 60.5 Å². The van der Waals surface area contributed by atoms with Gasteiger partial charge in [-0.05, 0) is 63.8 Å². The van der Waals surface area contributed by atoms with Gasteiger partial charge < -0.3 is 24.8 Å². The fourth-order valence-corrected chi connectivity index (χ4v) is 5.22. The van der Waals surface area contributed by atoms with Crippen molar-refractivity contribution in [3.63, 3.8) is 0 Å². The maximum Gasteiger partial charge on any atom is 0.253 e. The second-order valence-electron chi connectivity index (χ2n) is 10.5. The average molecular weight is 524 g/mol. The number of nitrogens with one attached hydrogen (secondary N) is 2. The van der Waals surface area contributed by atoms with Gasteiger partial charge in [-0.25, -0.2) is 9.37 Å². The molecule has 0 radical (unpaired) electrons. The third-order valence-electron chi connectivity index (χ3n) is 6.91. The van der Waals surface area contributed by atoms with E-state index in [9.17, 15) is 4.79 Å². The van der Waals surface area contributed by atoms with Crippen molar-refractivity contribution in [2.45, 2.75) is 45.6 Å². The Morgan fingerprint density at radius 2 is 1.97 bits per heavy atom. The highest BCUT2D eigenvalue weighted by atomic mass is 32.1. The summed E-state index contributed by atoms with van der Waals surface area (Å²) in [4.78, 5) is 19.5. The lowest BCUT2D eigenvalue weighted by Gasteiger charge is -2.29. The number of morpholine rings is 1. The summed E-state index contributed by atoms with van der Waals surface area (Å²) >= 11 is 1.44. The molecule has 196 valence electrons. The predicted molar refractivity (Wildman–Crippen MR) is 147 cm³/mol. The van der Waals surface area contributed by atoms with E-state index in [-0.39, 0.29) is 17.3 Å². The minimum Gasteiger partial charge on any atom is -0.378 e. The number of carbonyl (C=O) groups is 1. The van der Waals surface area contributed by atoms with Gasteiger partial charge in [-0.2, -0.15) is 0 Å². The van der Waals surface area contributed by atoms with Crippen LogP contribution in [0.25, 0.3) is 11.3 Å². The number of amides is 1. The lowest BCUT2D eigenvalue weighted by molar-refractivity contribution is 0.0956. The van der Waals surface area contributed by atoms with Crippen LogP contribution in [0.4, 0.5) is 15.2 Å². The van der Waals surface area contributed by atoms with Crippen molar-refractivity contribution in [1.82, 2.24) is 14.9 Å². The standard InChI is InChI=1S/C28H34FN5O2S/c1-28(2,3)34-11-10-20(17-34)26(35)30-16-22(19-6-4-7-19)31-27-32-23(18-37-27)21-8-5-9-24(25(21)29)33-12-14-36-15-13-33/h5,8-11,17-18H,4,6-7,12-16H2,1-3H3,(H,30,35)(H,31,32). The molecule has 1 saturated heterocycles. The van der Waals surface area contributed by atoms with Crippen LogP contribution in [0, 0.1) is 5.82 Å². The molecule has 0 bridgehead atoms. The highest BCUT2D eigenvalue weighted by Crippen LogP contribution is 2.34. The molecule has 5 rings (SSSR count). The molecule has 2 fully saturated rings. The highest BCUT2D eigenvalue weighted by molar-refractivity contribution is 7.14. The molecule has 37 heavy (non-hydrogen) atoms. The first kappa shape index (κ1) is 25.5. The first-order chi connectivity index (χ1) is 17.8. The van der Waals surface area contributed by atoms with Crippen LogP contribution in [0.5, 0.6) is 0 Å². The van der Waals surface area contributed by atoms with Crippen LogP contribution in [-0.2, 0) is 10.3 Å². The molecule has 9 heteroatoms. The van der Waals surface area contributed by atoms with Crippen LogP contribution in [-0.4, -0.2) is 48.3 Å². The Hall–Kier alpha value is -3.17. The summed E-state index contributed by atoms with van der Waals surface area (Å²) in [6.07, 6.45) is 6.97. The van der Waals surface area contributed by atoms with Crippen molar-refractivity contribution in [3.05, 3.63) is 64.7 Å². The Morgan fingerprint density at radius 1 is 1.19 bits per heavy atom. The zero-order valence-corrected chi connectivity index (χ0v) is 22.5. The summed E-state index contributed by atoms with van der Waals surface area (Å²) in [5.74, 6) is -0.364. The summed E-state index contributed by atoms with van der Waals surface area (Å²) < 4.78 is 22.9. The molecule has 3 aromatic rings. The largest absolute Gasteiger partial charge is 0.378 e. The van der Waals surface area contributed by atoms with Crippen LogP contribution in [0.15, 0.2) is 53.3 Å². The van der Waals surface area contributed by atoms with Gasteiger partial charge in [0.05, 0.1) is 36.7 Å². The number of nitrogens with zero attached hydrogens (tertiary/aromatic N) is 3. The molecule has 1 aromatic carbocycles. The number of anilines is 2. The summed E-state index contributed by atoms with van der Waals surface area (Å²) in [7, 11) is 0. The van der Waals surface area contributed by atoms with Gasteiger partial charge in [0.25, 0.3) is 5.91 Å². The average Bonchev–Trinajstić information content (AvgIpc) is 3.52. The van der Waals surface area contributed by atoms with Crippen LogP contribution < -0.4 is 15.5 Å². The SMILES string of the molecule is CC(C)(C)n1ccc(C(=O)NCC(Nc2nc(-c3cccc(N4CCOCC4)c3F)cs2)=C2CCC2)c1. The Bertz CT molecular complexity index is 1290. The molecule has 1 saturated carbocycles. The van der Waals surface area contributed by atoms with Crippen molar-refractivity contribution in [2.75, 3.05) is 43.1 Å². The second kappa shape index (κ2) is 10.7. The normalized spacial score (nSPS) is 15.9. The van der Waals surface area contributed by atoms with Gasteiger partial charge in [-0.1, -0.05) is 6.07 Å². The molecule has 0 unspecified atom stereocenters. The van der Waals surface area contributed by atoms with E-state index >= 15 is 4.39 Å². The molecular formula is C28H34FN5O2S. The number of halogens is 1. The molecule has 7 nitrogen and oxygen atoms in total. The van der Waals surface area contributed by atoms with E-state index in [0.717, 1.165) is 25.0 Å². The minimum atomic E-state index is -0.256. The molecule has 2 aromatic heterocycles. The number of hydrogen-bond donors (Lipinski definition) is 2. The minimum absolute atomic E-state index is 0.0805. The number of aromatic nitrogens is 2. The highest BCUT2D eigenvalue weighted by Gasteiger charge is 2.21. The van der Waals surface area contributed by atoms with Crippen molar-refractivity contribution >= 4 is 28.1 Å². The molecule has 1 amide bonds. The van der Waals surface area contributed by atoms with Gasteiger partial charge >= 0.3 is 0 Å². The molecule has 2 aliphatic rings. The van der Waals surface area contributed by atoms with Crippen LogP contribution in [0.1, 0.15) is 50.4 Å². The number of allylic oxidation sites excluding steroid dienone is 1. The van der Waals surface area contributed by atoms with Gasteiger partial charge in [0.1, 0.15) is 0 Å². The van der Waals surface area contributed by atoms with Gasteiger partial charge in [0, 0.05) is 47.7 Å². The van der Waals surface area contributed by atoms with E-state index in [4.69, 9.17) is 9.72 Å². The van der Waals surface area contributed by atoms with Crippen molar-refractivity contribution in [1.29, 1.82) is 0 Å². The Labute approximate surface area is 221 Å². The molecule has 2 N–H and O–H groups in total. The molecule has 0 atom stereocenters. The molecular weight excluding hydrogens is 489 g/mol. The third-order valence-corrected chi connectivity index (χ3v) is 7.67. The first-order valence-electron chi connectivity index (χ1n) is 12.8. The Morgan fingerprint density at radius 3 is 2.65 bits per heavy atom. The fraction of sp³-hybridized carbons (Fsp3) is 0.429. The van der Waals surface area contributed by atoms with Crippen LogP contribution >= 0.6 is 11.3 Å². The monoisotopic (exact) mass is 523 g/mol. The predicted octanol–water partition coefficient (Wildman–Crippen LogP) is 5.62. The number of thiazole rings is 1. The Kier molecular flexibility index (Phi) is 7.35. The lowest BCUT2D eigenvalue weighted by Crippen LogP contribution is -2.36. The van der Waals surface area contributed by atoms with E-state index < -0.39 is 0 Å². The first-order valence-corrected chi connectivity index (χ1v) is 13.7. The topological polar surface area (TPSA) is 71.4 Å². The summed E-state index contributed by atoms with van der Waals surface area (Å²) in [6.45, 7) is 9.25. The van der Waals surface area contributed by atoms with E-state index in [2.05, 4.69) is 31.4 Å². The van der Waals surface area contributed by atoms with Gasteiger partial charge in [0.15, 0.2) is 10.9 Å². The fourth-order valence-electron chi connectivity index (χ4n) is 4.48. The van der Waals surface area contributed by atoms with Crippen molar-refractivity contribution < 1.29 is 13.9 Å². The number of hydrogen-bond acceptors (Lipinski definition) is 6. The zero-order chi connectivity index (χ0) is 26.0. The number of rotatable bonds is 7. The van der Waals surface area contributed by atoms with E-state index in [1.165, 1.54) is 16.9 Å². The maximum absolute atomic E-state index is 15.5.